The third-order valence-corrected chi connectivity index (χ3v) is 4.55. The van der Waals surface area contributed by atoms with Crippen molar-refractivity contribution in [3.05, 3.63) is 41.5 Å². The molecule has 2 aromatic heterocycles. The summed E-state index contributed by atoms with van der Waals surface area (Å²) < 4.78 is 12.1. The number of amides is 1. The summed E-state index contributed by atoms with van der Waals surface area (Å²) in [6.07, 6.45) is 2.24. The Morgan fingerprint density at radius 3 is 2.92 bits per heavy atom. The number of aryl methyl sites for hydroxylation is 1. The number of nitrogens with one attached hydrogen (secondary N) is 1. The molecule has 0 spiro atoms. The minimum absolute atomic E-state index is 0.162. The van der Waals surface area contributed by atoms with Gasteiger partial charge in [0, 0.05) is 35.4 Å². The number of thiazole rings is 1. The van der Waals surface area contributed by atoms with Gasteiger partial charge in [-0.1, -0.05) is 0 Å². The standard InChI is InChI=1S/C18H19N3O4S/c1-3-25-17(23)14-11-26-18(19-14)20-16(22)7-9-21-8-6-12-10-13(24-2)4-5-15(12)21/h4-6,8,10-11H,3,7,9H2,1-2H3,(H,19,20,22). The van der Waals surface area contributed by atoms with Gasteiger partial charge in [-0.3, -0.25) is 4.79 Å². The summed E-state index contributed by atoms with van der Waals surface area (Å²) in [5.41, 5.74) is 1.25. The van der Waals surface area contributed by atoms with Gasteiger partial charge in [0.05, 0.1) is 13.7 Å². The molecular weight excluding hydrogens is 354 g/mol. The molecular formula is C18H19N3O4S. The fourth-order valence-electron chi connectivity index (χ4n) is 2.53. The minimum atomic E-state index is -0.488. The Kier molecular flexibility index (Phi) is 5.52. The van der Waals surface area contributed by atoms with Gasteiger partial charge in [0.2, 0.25) is 5.91 Å². The average molecular weight is 373 g/mol. The second-order valence-electron chi connectivity index (χ2n) is 5.49. The number of esters is 1. The van der Waals surface area contributed by atoms with Gasteiger partial charge in [-0.2, -0.15) is 0 Å². The summed E-state index contributed by atoms with van der Waals surface area (Å²) >= 11 is 1.20. The zero-order valence-electron chi connectivity index (χ0n) is 14.5. The highest BCUT2D eigenvalue weighted by molar-refractivity contribution is 7.14. The summed E-state index contributed by atoms with van der Waals surface area (Å²) in [4.78, 5) is 27.8. The highest BCUT2D eigenvalue weighted by Crippen LogP contribution is 2.22. The topological polar surface area (TPSA) is 82.5 Å². The number of carbonyl (C=O) groups is 2. The second-order valence-corrected chi connectivity index (χ2v) is 6.35. The number of hydrogen-bond donors (Lipinski definition) is 1. The molecule has 7 nitrogen and oxygen atoms in total. The molecule has 3 rings (SSSR count). The molecule has 0 atom stereocenters. The van der Waals surface area contributed by atoms with E-state index in [-0.39, 0.29) is 18.2 Å². The number of nitrogens with zero attached hydrogens (tertiary/aromatic N) is 2. The predicted molar refractivity (Wildman–Crippen MR) is 99.8 cm³/mol. The Balaban J connectivity index is 1.58. The van der Waals surface area contributed by atoms with Crippen molar-refractivity contribution in [1.82, 2.24) is 9.55 Å². The molecule has 26 heavy (non-hydrogen) atoms. The number of hydrogen-bond acceptors (Lipinski definition) is 6. The maximum absolute atomic E-state index is 12.2. The van der Waals surface area contributed by atoms with Crippen LogP contribution in [0.4, 0.5) is 5.13 Å². The molecule has 0 unspecified atom stereocenters. The maximum atomic E-state index is 12.2. The molecule has 3 aromatic rings. The van der Waals surface area contributed by atoms with E-state index in [0.717, 1.165) is 16.7 Å². The lowest BCUT2D eigenvalue weighted by Gasteiger charge is -2.06. The molecule has 0 aliphatic carbocycles. The fourth-order valence-corrected chi connectivity index (χ4v) is 3.23. The van der Waals surface area contributed by atoms with Gasteiger partial charge in [0.15, 0.2) is 10.8 Å². The summed E-state index contributed by atoms with van der Waals surface area (Å²) in [6.45, 7) is 2.56. The van der Waals surface area contributed by atoms with Crippen LogP contribution in [0, 0.1) is 0 Å². The van der Waals surface area contributed by atoms with E-state index in [4.69, 9.17) is 9.47 Å². The van der Waals surface area contributed by atoms with Gasteiger partial charge in [0.25, 0.3) is 0 Å². The van der Waals surface area contributed by atoms with Crippen LogP contribution in [0.25, 0.3) is 10.9 Å². The molecule has 136 valence electrons. The second kappa shape index (κ2) is 8.01. The summed E-state index contributed by atoms with van der Waals surface area (Å²) in [6, 6.07) is 7.81. The molecule has 0 saturated carbocycles. The van der Waals surface area contributed by atoms with E-state index >= 15 is 0 Å². The average Bonchev–Trinajstić information content (AvgIpc) is 3.26. The van der Waals surface area contributed by atoms with E-state index in [1.54, 1.807) is 19.4 Å². The smallest absolute Gasteiger partial charge is 0.357 e. The molecule has 0 aliphatic heterocycles. The van der Waals surface area contributed by atoms with Gasteiger partial charge >= 0.3 is 5.97 Å². The van der Waals surface area contributed by atoms with Crippen molar-refractivity contribution in [3.63, 3.8) is 0 Å². The van der Waals surface area contributed by atoms with Crippen molar-refractivity contribution >= 4 is 39.2 Å². The highest BCUT2D eigenvalue weighted by atomic mass is 32.1. The Morgan fingerprint density at radius 1 is 1.31 bits per heavy atom. The van der Waals surface area contributed by atoms with Crippen LogP contribution in [0.1, 0.15) is 23.8 Å². The molecule has 0 saturated heterocycles. The number of rotatable bonds is 7. The van der Waals surface area contributed by atoms with E-state index in [9.17, 15) is 9.59 Å². The third kappa shape index (κ3) is 4.02. The summed E-state index contributed by atoms with van der Waals surface area (Å²) in [5.74, 6) is 0.151. The molecule has 2 heterocycles. The van der Waals surface area contributed by atoms with Crippen molar-refractivity contribution in [1.29, 1.82) is 0 Å². The van der Waals surface area contributed by atoms with E-state index in [0.29, 0.717) is 18.1 Å². The Hall–Kier alpha value is -2.87. The third-order valence-electron chi connectivity index (χ3n) is 3.79. The number of benzene rings is 1. The van der Waals surface area contributed by atoms with E-state index in [1.807, 2.05) is 35.0 Å². The van der Waals surface area contributed by atoms with Crippen molar-refractivity contribution in [3.8, 4) is 5.75 Å². The van der Waals surface area contributed by atoms with Crippen LogP contribution in [0.2, 0.25) is 0 Å². The van der Waals surface area contributed by atoms with Crippen LogP contribution in [0.15, 0.2) is 35.8 Å². The van der Waals surface area contributed by atoms with Gasteiger partial charge in [-0.15, -0.1) is 11.3 Å². The van der Waals surface area contributed by atoms with Crippen molar-refractivity contribution in [2.24, 2.45) is 0 Å². The minimum Gasteiger partial charge on any atom is -0.497 e. The van der Waals surface area contributed by atoms with Gasteiger partial charge in [-0.05, 0) is 31.2 Å². The van der Waals surface area contributed by atoms with Gasteiger partial charge in [0.1, 0.15) is 5.75 Å². The molecule has 0 aliphatic rings. The Labute approximate surface area is 154 Å². The normalized spacial score (nSPS) is 10.7. The summed E-state index contributed by atoms with van der Waals surface area (Å²) in [5, 5.41) is 5.73. The molecule has 8 heteroatoms. The lowest BCUT2D eigenvalue weighted by molar-refractivity contribution is -0.116. The first-order valence-corrected chi connectivity index (χ1v) is 9.04. The molecule has 0 fully saturated rings. The van der Waals surface area contributed by atoms with Crippen molar-refractivity contribution in [2.75, 3.05) is 19.0 Å². The van der Waals surface area contributed by atoms with Crippen LogP contribution in [-0.2, 0) is 16.1 Å². The number of aromatic nitrogens is 2. The quantitative estimate of drug-likeness (QED) is 0.643. The van der Waals surface area contributed by atoms with Gasteiger partial charge < -0.3 is 19.4 Å². The number of anilines is 1. The predicted octanol–water partition coefficient (Wildman–Crippen LogP) is 3.31. The van der Waals surface area contributed by atoms with Crippen LogP contribution < -0.4 is 10.1 Å². The number of carbonyl (C=O) groups excluding carboxylic acids is 2. The molecule has 0 bridgehead atoms. The van der Waals surface area contributed by atoms with Crippen molar-refractivity contribution < 1.29 is 19.1 Å². The van der Waals surface area contributed by atoms with Gasteiger partial charge in [-0.25, -0.2) is 9.78 Å². The first-order valence-electron chi connectivity index (χ1n) is 8.16. The lowest BCUT2D eigenvalue weighted by atomic mass is 10.2. The van der Waals surface area contributed by atoms with Crippen LogP contribution >= 0.6 is 11.3 Å². The monoisotopic (exact) mass is 373 g/mol. The summed E-state index contributed by atoms with van der Waals surface area (Å²) in [7, 11) is 1.63. The molecule has 1 aromatic carbocycles. The maximum Gasteiger partial charge on any atom is 0.357 e. The van der Waals surface area contributed by atoms with E-state index in [1.165, 1.54) is 11.3 Å². The fraction of sp³-hybridized carbons (Fsp3) is 0.278. The number of ether oxygens (including phenoxy) is 2. The lowest BCUT2D eigenvalue weighted by Crippen LogP contribution is -2.14. The highest BCUT2D eigenvalue weighted by Gasteiger charge is 2.13. The zero-order valence-corrected chi connectivity index (χ0v) is 15.3. The van der Waals surface area contributed by atoms with Crippen LogP contribution in [0.5, 0.6) is 5.75 Å². The Morgan fingerprint density at radius 2 is 2.15 bits per heavy atom. The van der Waals surface area contributed by atoms with Crippen LogP contribution in [-0.4, -0.2) is 35.1 Å². The first kappa shape index (κ1) is 17.9. The number of methoxy groups -OCH3 is 1. The molecule has 1 N–H and O–H groups in total. The first-order chi connectivity index (χ1) is 12.6. The largest absolute Gasteiger partial charge is 0.497 e. The molecule has 1 amide bonds. The van der Waals surface area contributed by atoms with Crippen LogP contribution in [0.3, 0.4) is 0 Å². The van der Waals surface area contributed by atoms with E-state index < -0.39 is 5.97 Å². The molecule has 0 radical (unpaired) electrons. The Bertz CT molecular complexity index is 932. The number of fused-ring (bicyclic) bond motifs is 1. The zero-order chi connectivity index (χ0) is 18.5. The SMILES string of the molecule is CCOC(=O)c1csc(NC(=O)CCn2ccc3cc(OC)ccc32)n1. The van der Waals surface area contributed by atoms with Crippen molar-refractivity contribution in [2.45, 2.75) is 19.9 Å². The van der Waals surface area contributed by atoms with E-state index in [2.05, 4.69) is 10.3 Å².